The van der Waals surface area contributed by atoms with Crippen LogP contribution in [0.3, 0.4) is 0 Å². The van der Waals surface area contributed by atoms with E-state index in [0.29, 0.717) is 11.5 Å². The summed E-state index contributed by atoms with van der Waals surface area (Å²) in [4.78, 5) is 0. The first kappa shape index (κ1) is 17.8. The van der Waals surface area contributed by atoms with Gasteiger partial charge in [-0.3, -0.25) is 0 Å². The molecule has 0 aliphatic heterocycles. The van der Waals surface area contributed by atoms with E-state index in [1.165, 1.54) is 0 Å². The lowest BCUT2D eigenvalue weighted by atomic mass is 10.1. The van der Waals surface area contributed by atoms with Gasteiger partial charge in [-0.15, -0.1) is 0 Å². The highest BCUT2D eigenvalue weighted by molar-refractivity contribution is 7.92. The van der Waals surface area contributed by atoms with E-state index in [2.05, 4.69) is 0 Å². The lowest BCUT2D eigenvalue weighted by Crippen LogP contribution is -2.32. The van der Waals surface area contributed by atoms with Crippen LogP contribution >= 0.6 is 0 Å². The number of rotatable bonds is 6. The fraction of sp³-hybridized carbons (Fsp3) is 0.600. The molecule has 5 nitrogen and oxygen atoms in total. The van der Waals surface area contributed by atoms with Crippen molar-refractivity contribution < 1.29 is 17.9 Å². The van der Waals surface area contributed by atoms with E-state index in [0.717, 1.165) is 5.56 Å². The summed E-state index contributed by atoms with van der Waals surface area (Å²) in [6, 6.07) is 5.30. The molecular formula is C15H25NO4S. The number of sulfone groups is 1. The Labute approximate surface area is 127 Å². The van der Waals surface area contributed by atoms with Crippen molar-refractivity contribution >= 4 is 9.84 Å². The third-order valence-electron chi connectivity index (χ3n) is 3.26. The summed E-state index contributed by atoms with van der Waals surface area (Å²) in [7, 11) is -1.65. The minimum Gasteiger partial charge on any atom is -0.493 e. The van der Waals surface area contributed by atoms with Crippen LogP contribution in [0.15, 0.2) is 18.2 Å². The average molecular weight is 315 g/mol. The van der Waals surface area contributed by atoms with Crippen molar-refractivity contribution in [3.8, 4) is 11.5 Å². The molecule has 0 aliphatic carbocycles. The van der Waals surface area contributed by atoms with Gasteiger partial charge in [0, 0.05) is 6.04 Å². The van der Waals surface area contributed by atoms with E-state index in [4.69, 9.17) is 15.2 Å². The van der Waals surface area contributed by atoms with Crippen molar-refractivity contribution in [1.82, 2.24) is 0 Å². The second-order valence-corrected chi connectivity index (χ2v) is 8.84. The minimum atomic E-state index is -3.19. The van der Waals surface area contributed by atoms with Crippen molar-refractivity contribution in [2.75, 3.05) is 19.5 Å². The second-order valence-electron chi connectivity index (χ2n) is 5.98. The maximum Gasteiger partial charge on any atom is 0.161 e. The van der Waals surface area contributed by atoms with Gasteiger partial charge in [0.2, 0.25) is 0 Å². The highest BCUT2D eigenvalue weighted by atomic mass is 32.2. The van der Waals surface area contributed by atoms with Crippen LogP contribution in [0.4, 0.5) is 0 Å². The topological polar surface area (TPSA) is 78.6 Å². The van der Waals surface area contributed by atoms with Crippen LogP contribution < -0.4 is 15.2 Å². The van der Waals surface area contributed by atoms with Crippen LogP contribution in [0.5, 0.6) is 11.5 Å². The second kappa shape index (κ2) is 6.66. The van der Waals surface area contributed by atoms with Gasteiger partial charge in [-0.1, -0.05) is 6.07 Å². The molecule has 0 saturated heterocycles. The number of hydrogen-bond acceptors (Lipinski definition) is 5. The highest BCUT2D eigenvalue weighted by Gasteiger charge is 2.28. The maximum atomic E-state index is 12.0. The van der Waals surface area contributed by atoms with Gasteiger partial charge in [-0.2, -0.15) is 0 Å². The predicted molar refractivity (Wildman–Crippen MR) is 84.6 cm³/mol. The predicted octanol–water partition coefficient (Wildman–Crippen LogP) is 2.31. The molecular weight excluding hydrogens is 290 g/mol. The molecule has 1 rings (SSSR count). The van der Waals surface area contributed by atoms with Crippen LogP contribution in [-0.2, 0) is 9.84 Å². The van der Waals surface area contributed by atoms with Gasteiger partial charge in [0.25, 0.3) is 0 Å². The van der Waals surface area contributed by atoms with Crippen LogP contribution in [0.25, 0.3) is 0 Å². The van der Waals surface area contributed by atoms with Crippen molar-refractivity contribution in [2.45, 2.75) is 38.5 Å². The van der Waals surface area contributed by atoms with Crippen LogP contribution in [0.2, 0.25) is 0 Å². The molecule has 1 atom stereocenters. The quantitative estimate of drug-likeness (QED) is 0.871. The van der Waals surface area contributed by atoms with Gasteiger partial charge >= 0.3 is 0 Å². The summed E-state index contributed by atoms with van der Waals surface area (Å²) in [5.41, 5.74) is 6.75. The summed E-state index contributed by atoms with van der Waals surface area (Å²) in [6.07, 6.45) is 0. The van der Waals surface area contributed by atoms with E-state index < -0.39 is 14.6 Å². The molecule has 0 fully saturated rings. The van der Waals surface area contributed by atoms with E-state index in [-0.39, 0.29) is 18.4 Å². The van der Waals surface area contributed by atoms with Gasteiger partial charge < -0.3 is 15.2 Å². The van der Waals surface area contributed by atoms with E-state index >= 15 is 0 Å². The van der Waals surface area contributed by atoms with Gasteiger partial charge in [0.05, 0.1) is 17.6 Å². The van der Waals surface area contributed by atoms with E-state index in [9.17, 15) is 8.42 Å². The van der Waals surface area contributed by atoms with Crippen molar-refractivity contribution in [2.24, 2.45) is 5.73 Å². The normalized spacial score (nSPS) is 13.8. The molecule has 0 amide bonds. The smallest absolute Gasteiger partial charge is 0.161 e. The number of nitrogens with two attached hydrogens (primary N) is 1. The van der Waals surface area contributed by atoms with E-state index in [1.807, 2.05) is 13.0 Å². The first-order valence-electron chi connectivity index (χ1n) is 6.87. The van der Waals surface area contributed by atoms with Crippen LogP contribution in [0.1, 0.15) is 39.3 Å². The minimum absolute atomic E-state index is 0.0330. The highest BCUT2D eigenvalue weighted by Crippen LogP contribution is 2.30. The largest absolute Gasteiger partial charge is 0.493 e. The first-order chi connectivity index (χ1) is 9.58. The molecule has 0 spiro atoms. The zero-order valence-electron chi connectivity index (χ0n) is 13.3. The standard InChI is InChI=1S/C15H25NO4S/c1-11(16)12-6-7-13(14(10-12)19-5)20-8-9-21(17,18)15(2,3)4/h6-7,10-11H,8-9,16H2,1-5H3/t11-/m0/s1. The Morgan fingerprint density at radius 3 is 2.33 bits per heavy atom. The molecule has 6 heteroatoms. The molecule has 0 unspecified atom stereocenters. The monoisotopic (exact) mass is 315 g/mol. The summed E-state index contributed by atoms with van der Waals surface area (Å²) >= 11 is 0. The molecule has 0 heterocycles. The molecule has 0 bridgehead atoms. The molecule has 0 radical (unpaired) electrons. The van der Waals surface area contributed by atoms with Gasteiger partial charge in [-0.25, -0.2) is 8.42 Å². The summed E-state index contributed by atoms with van der Waals surface area (Å²) in [5, 5.41) is 0. The Bertz CT molecular complexity index is 574. The third-order valence-corrected chi connectivity index (χ3v) is 5.83. The Balaban J connectivity index is 2.77. The third kappa shape index (κ3) is 4.61. The number of benzene rings is 1. The molecule has 21 heavy (non-hydrogen) atoms. The zero-order valence-corrected chi connectivity index (χ0v) is 14.2. The van der Waals surface area contributed by atoms with Gasteiger partial charge in [0.1, 0.15) is 6.61 Å². The fourth-order valence-corrected chi connectivity index (χ4v) is 2.57. The summed E-state index contributed by atoms with van der Waals surface area (Å²) < 4.78 is 34.1. The molecule has 1 aromatic rings. The average Bonchev–Trinajstić information content (AvgIpc) is 2.37. The van der Waals surface area contributed by atoms with Gasteiger partial charge in [0.15, 0.2) is 21.3 Å². The molecule has 0 aliphatic rings. The Morgan fingerprint density at radius 2 is 1.86 bits per heavy atom. The number of ether oxygens (including phenoxy) is 2. The van der Waals surface area contributed by atoms with Crippen molar-refractivity contribution in [1.29, 1.82) is 0 Å². The Hall–Kier alpha value is -1.27. The molecule has 120 valence electrons. The van der Waals surface area contributed by atoms with Crippen molar-refractivity contribution in [3.05, 3.63) is 23.8 Å². The van der Waals surface area contributed by atoms with Crippen LogP contribution in [0, 0.1) is 0 Å². The molecule has 0 saturated carbocycles. The molecule has 1 aromatic carbocycles. The first-order valence-corrected chi connectivity index (χ1v) is 8.52. The summed E-state index contributed by atoms with van der Waals surface area (Å²) in [5.74, 6) is 1.04. The Kier molecular flexibility index (Phi) is 5.64. The molecule has 0 aromatic heterocycles. The Morgan fingerprint density at radius 1 is 1.24 bits per heavy atom. The zero-order chi connectivity index (χ0) is 16.3. The number of hydrogen-bond donors (Lipinski definition) is 1. The lowest BCUT2D eigenvalue weighted by molar-refractivity contribution is 0.310. The fourth-order valence-electron chi connectivity index (χ4n) is 1.65. The number of methoxy groups -OCH3 is 1. The van der Waals surface area contributed by atoms with Gasteiger partial charge in [-0.05, 0) is 45.4 Å². The molecule has 2 N–H and O–H groups in total. The SMILES string of the molecule is COc1cc([C@H](C)N)ccc1OCCS(=O)(=O)C(C)(C)C. The van der Waals surface area contributed by atoms with Crippen LogP contribution in [-0.4, -0.2) is 32.6 Å². The van der Waals surface area contributed by atoms with E-state index in [1.54, 1.807) is 40.0 Å². The van der Waals surface area contributed by atoms with Crippen molar-refractivity contribution in [3.63, 3.8) is 0 Å². The maximum absolute atomic E-state index is 12.0. The summed E-state index contributed by atoms with van der Waals surface area (Å²) in [6.45, 7) is 7.01. The lowest BCUT2D eigenvalue weighted by Gasteiger charge is -2.19.